The van der Waals surface area contributed by atoms with Gasteiger partial charge in [-0.2, -0.15) is 0 Å². The maximum Gasteiger partial charge on any atom is 0.335 e. The zero-order chi connectivity index (χ0) is 15.1. The van der Waals surface area contributed by atoms with E-state index >= 15 is 0 Å². The van der Waals surface area contributed by atoms with Crippen molar-refractivity contribution in [2.24, 2.45) is 0 Å². The molecule has 0 amide bonds. The van der Waals surface area contributed by atoms with Gasteiger partial charge in [0.05, 0.1) is 12.2 Å². The van der Waals surface area contributed by atoms with E-state index in [4.69, 9.17) is 9.84 Å². The normalized spacial score (nSPS) is 10.5. The van der Waals surface area contributed by atoms with Gasteiger partial charge in [-0.25, -0.2) is 4.79 Å². The molecule has 5 heteroatoms. The van der Waals surface area contributed by atoms with Crippen LogP contribution >= 0.6 is 15.9 Å². The number of carboxylic acids is 1. The Morgan fingerprint density at radius 3 is 2.67 bits per heavy atom. The largest absolute Gasteiger partial charge is 0.478 e. The van der Waals surface area contributed by atoms with Gasteiger partial charge in [0, 0.05) is 23.5 Å². The molecule has 0 atom stereocenters. The van der Waals surface area contributed by atoms with Crippen LogP contribution in [-0.4, -0.2) is 22.7 Å². The van der Waals surface area contributed by atoms with Gasteiger partial charge in [0.25, 0.3) is 0 Å². The molecule has 4 nitrogen and oxygen atoms in total. The fourth-order valence-electron chi connectivity index (χ4n) is 1.91. The van der Waals surface area contributed by atoms with Crippen LogP contribution < -0.4 is 0 Å². The number of rotatable bonds is 7. The van der Waals surface area contributed by atoms with Gasteiger partial charge >= 0.3 is 5.97 Å². The lowest BCUT2D eigenvalue weighted by Gasteiger charge is -2.07. The van der Waals surface area contributed by atoms with Gasteiger partial charge in [0.1, 0.15) is 0 Å². The van der Waals surface area contributed by atoms with Crippen molar-refractivity contribution in [2.75, 3.05) is 6.61 Å². The SMILES string of the molecule is O=C(O)c1ccc(COCCCc2ccncc2)c(Br)c1. The van der Waals surface area contributed by atoms with Crippen molar-refractivity contribution in [2.45, 2.75) is 19.4 Å². The smallest absolute Gasteiger partial charge is 0.335 e. The number of pyridine rings is 1. The van der Waals surface area contributed by atoms with Crippen molar-refractivity contribution in [3.05, 3.63) is 63.9 Å². The fraction of sp³-hybridized carbons (Fsp3) is 0.250. The van der Waals surface area contributed by atoms with E-state index in [-0.39, 0.29) is 5.56 Å². The van der Waals surface area contributed by atoms with Crippen LogP contribution in [0.4, 0.5) is 0 Å². The number of carboxylic acid groups (broad SMARTS) is 1. The first kappa shape index (κ1) is 15.7. The quantitative estimate of drug-likeness (QED) is 0.774. The Balaban J connectivity index is 1.75. The van der Waals surface area contributed by atoms with Gasteiger partial charge in [-0.1, -0.05) is 22.0 Å². The molecular weight excluding hydrogens is 334 g/mol. The van der Waals surface area contributed by atoms with Crippen LogP contribution in [0.15, 0.2) is 47.2 Å². The van der Waals surface area contributed by atoms with E-state index in [0.29, 0.717) is 13.2 Å². The Morgan fingerprint density at radius 2 is 2.00 bits per heavy atom. The molecule has 0 radical (unpaired) electrons. The molecule has 0 unspecified atom stereocenters. The Bertz CT molecular complexity index is 602. The minimum atomic E-state index is -0.930. The zero-order valence-electron chi connectivity index (χ0n) is 11.5. The molecule has 0 fully saturated rings. The van der Waals surface area contributed by atoms with E-state index < -0.39 is 5.97 Å². The first-order chi connectivity index (χ1) is 10.2. The third kappa shape index (κ3) is 4.95. The van der Waals surface area contributed by atoms with E-state index in [0.717, 1.165) is 22.9 Å². The highest BCUT2D eigenvalue weighted by molar-refractivity contribution is 9.10. The number of carbonyl (C=O) groups is 1. The standard InChI is InChI=1S/C16H16BrNO3/c17-15-10-13(16(19)20)3-4-14(15)11-21-9-1-2-12-5-7-18-8-6-12/h3-8,10H,1-2,9,11H2,(H,19,20). The molecule has 0 saturated carbocycles. The Kier molecular flexibility index (Phi) is 5.90. The minimum absolute atomic E-state index is 0.267. The van der Waals surface area contributed by atoms with Crippen LogP contribution in [0, 0.1) is 0 Å². The summed E-state index contributed by atoms with van der Waals surface area (Å²) in [6, 6.07) is 8.96. The highest BCUT2D eigenvalue weighted by Gasteiger charge is 2.06. The van der Waals surface area contributed by atoms with Crippen LogP contribution in [0.2, 0.25) is 0 Å². The summed E-state index contributed by atoms with van der Waals surface area (Å²) in [6.07, 6.45) is 5.48. The van der Waals surface area contributed by atoms with Crippen molar-refractivity contribution in [1.29, 1.82) is 0 Å². The number of aromatic carboxylic acids is 1. The monoisotopic (exact) mass is 349 g/mol. The van der Waals surface area contributed by atoms with Crippen LogP contribution in [0.1, 0.15) is 27.9 Å². The maximum atomic E-state index is 10.8. The minimum Gasteiger partial charge on any atom is -0.478 e. The second kappa shape index (κ2) is 7.90. The summed E-state index contributed by atoms with van der Waals surface area (Å²) in [5, 5.41) is 8.90. The van der Waals surface area contributed by atoms with Gasteiger partial charge in [-0.15, -0.1) is 0 Å². The van der Waals surface area contributed by atoms with Gasteiger partial charge in [-0.05, 0) is 48.2 Å². The third-order valence-electron chi connectivity index (χ3n) is 3.06. The predicted octanol–water partition coefficient (Wildman–Crippen LogP) is 3.69. The Morgan fingerprint density at radius 1 is 1.24 bits per heavy atom. The van der Waals surface area contributed by atoms with Gasteiger partial charge in [0.15, 0.2) is 0 Å². The van der Waals surface area contributed by atoms with E-state index in [1.807, 2.05) is 12.1 Å². The molecule has 1 aromatic heterocycles. The molecule has 0 aliphatic heterocycles. The second-order valence-electron chi connectivity index (χ2n) is 4.62. The number of nitrogens with zero attached hydrogens (tertiary/aromatic N) is 1. The lowest BCUT2D eigenvalue weighted by atomic mass is 10.1. The van der Waals surface area contributed by atoms with Gasteiger partial charge < -0.3 is 9.84 Å². The van der Waals surface area contributed by atoms with Crippen LogP contribution in [0.5, 0.6) is 0 Å². The second-order valence-corrected chi connectivity index (χ2v) is 5.48. The average Bonchev–Trinajstić information content (AvgIpc) is 2.49. The van der Waals surface area contributed by atoms with E-state index in [1.54, 1.807) is 30.6 Å². The third-order valence-corrected chi connectivity index (χ3v) is 3.80. The predicted molar refractivity (Wildman–Crippen MR) is 83.3 cm³/mol. The number of halogens is 1. The number of hydrogen-bond donors (Lipinski definition) is 1. The summed E-state index contributed by atoms with van der Waals surface area (Å²) in [5.74, 6) is -0.930. The van der Waals surface area contributed by atoms with Crippen molar-refractivity contribution in [3.63, 3.8) is 0 Å². The average molecular weight is 350 g/mol. The van der Waals surface area contributed by atoms with Gasteiger partial charge in [0.2, 0.25) is 0 Å². The van der Waals surface area contributed by atoms with E-state index in [9.17, 15) is 4.79 Å². The number of aromatic nitrogens is 1. The molecule has 0 saturated heterocycles. The van der Waals surface area contributed by atoms with Gasteiger partial charge in [-0.3, -0.25) is 4.98 Å². The first-order valence-electron chi connectivity index (χ1n) is 6.65. The van der Waals surface area contributed by atoms with Crippen molar-refractivity contribution < 1.29 is 14.6 Å². The molecule has 1 heterocycles. The van der Waals surface area contributed by atoms with Crippen LogP contribution in [0.3, 0.4) is 0 Å². The molecule has 0 spiro atoms. The summed E-state index contributed by atoms with van der Waals surface area (Å²) in [6.45, 7) is 1.13. The maximum absolute atomic E-state index is 10.8. The Labute approximate surface area is 131 Å². The van der Waals surface area contributed by atoms with E-state index in [2.05, 4.69) is 20.9 Å². The molecule has 21 heavy (non-hydrogen) atoms. The molecule has 110 valence electrons. The highest BCUT2D eigenvalue weighted by atomic mass is 79.9. The summed E-state index contributed by atoms with van der Waals surface area (Å²) in [5.41, 5.74) is 2.47. The number of hydrogen-bond acceptors (Lipinski definition) is 3. The summed E-state index contributed by atoms with van der Waals surface area (Å²) < 4.78 is 6.39. The number of benzene rings is 1. The van der Waals surface area contributed by atoms with Crippen molar-refractivity contribution >= 4 is 21.9 Å². The zero-order valence-corrected chi connectivity index (χ0v) is 13.0. The number of aryl methyl sites for hydroxylation is 1. The summed E-state index contributed by atoms with van der Waals surface area (Å²) in [4.78, 5) is 14.8. The van der Waals surface area contributed by atoms with E-state index in [1.165, 1.54) is 5.56 Å². The highest BCUT2D eigenvalue weighted by Crippen LogP contribution is 2.19. The lowest BCUT2D eigenvalue weighted by Crippen LogP contribution is -2.00. The molecule has 1 aromatic carbocycles. The molecule has 2 rings (SSSR count). The van der Waals surface area contributed by atoms with Crippen molar-refractivity contribution in [3.8, 4) is 0 Å². The molecule has 2 aromatic rings. The fourth-order valence-corrected chi connectivity index (χ4v) is 2.40. The summed E-state index contributed by atoms with van der Waals surface area (Å²) >= 11 is 3.37. The van der Waals surface area contributed by atoms with Crippen LogP contribution in [0.25, 0.3) is 0 Å². The van der Waals surface area contributed by atoms with Crippen LogP contribution in [-0.2, 0) is 17.8 Å². The lowest BCUT2D eigenvalue weighted by molar-refractivity contribution is 0.0696. The Hall–Kier alpha value is -1.72. The van der Waals surface area contributed by atoms with Crippen molar-refractivity contribution in [1.82, 2.24) is 4.98 Å². The molecule has 0 aliphatic carbocycles. The molecule has 1 N–H and O–H groups in total. The topological polar surface area (TPSA) is 59.4 Å². The molecule has 0 aliphatic rings. The first-order valence-corrected chi connectivity index (χ1v) is 7.44. The number of ether oxygens (including phenoxy) is 1. The molecule has 0 bridgehead atoms. The summed E-state index contributed by atoms with van der Waals surface area (Å²) in [7, 11) is 0. The molecular formula is C16H16BrNO3.